The van der Waals surface area contributed by atoms with E-state index >= 15 is 0 Å². The number of nitrogens with zero attached hydrogens (tertiary/aromatic N) is 3. The number of thioether (sulfide) groups is 1. The van der Waals surface area contributed by atoms with E-state index in [1.165, 1.54) is 0 Å². The average molecular weight is 400 g/mol. The number of aromatic nitrogens is 3. The van der Waals surface area contributed by atoms with Gasteiger partial charge in [-0.05, 0) is 44.9 Å². The molecule has 0 aliphatic rings. The van der Waals surface area contributed by atoms with Gasteiger partial charge >= 0.3 is 0 Å². The van der Waals surface area contributed by atoms with Crippen LogP contribution in [0.4, 0.5) is 0 Å². The lowest BCUT2D eigenvalue weighted by Crippen LogP contribution is -2.22. The number of para-hydroxylation sites is 2. The molecule has 0 atom stereocenters. The van der Waals surface area contributed by atoms with Gasteiger partial charge in [0.25, 0.3) is 5.56 Å². The summed E-state index contributed by atoms with van der Waals surface area (Å²) in [5.41, 5.74) is 2.86. The highest BCUT2D eigenvalue weighted by molar-refractivity contribution is 7.99. The van der Waals surface area contributed by atoms with Crippen LogP contribution >= 0.6 is 23.1 Å². The van der Waals surface area contributed by atoms with Crippen molar-refractivity contribution in [2.24, 2.45) is 0 Å². The Hall–Kier alpha value is -2.12. The number of benzene rings is 1. The highest BCUT2D eigenvalue weighted by Gasteiger charge is 2.16. The summed E-state index contributed by atoms with van der Waals surface area (Å²) in [7, 11) is 0. The summed E-state index contributed by atoms with van der Waals surface area (Å²) in [5, 5.41) is 1.57. The fourth-order valence-electron chi connectivity index (χ4n) is 3.11. The molecule has 0 N–H and O–H groups in total. The van der Waals surface area contributed by atoms with E-state index in [2.05, 4.69) is 4.98 Å². The van der Waals surface area contributed by atoms with Gasteiger partial charge in [0.15, 0.2) is 16.6 Å². The zero-order valence-electron chi connectivity index (χ0n) is 15.6. The van der Waals surface area contributed by atoms with Gasteiger partial charge < -0.3 is 4.42 Å². The van der Waals surface area contributed by atoms with Crippen molar-refractivity contribution >= 4 is 44.4 Å². The van der Waals surface area contributed by atoms with Crippen molar-refractivity contribution in [1.29, 1.82) is 0 Å². The van der Waals surface area contributed by atoms with E-state index in [4.69, 9.17) is 9.40 Å². The Morgan fingerprint density at radius 3 is 2.81 bits per heavy atom. The number of hydrogen-bond acceptors (Lipinski definition) is 6. The summed E-state index contributed by atoms with van der Waals surface area (Å²) in [6.45, 7) is 6.67. The van der Waals surface area contributed by atoms with Gasteiger partial charge in [0.2, 0.25) is 0 Å². The van der Waals surface area contributed by atoms with Gasteiger partial charge in [-0.3, -0.25) is 9.36 Å². The molecule has 0 aliphatic heterocycles. The van der Waals surface area contributed by atoms with Crippen LogP contribution in [0.5, 0.6) is 0 Å². The maximum Gasteiger partial charge on any atom is 0.263 e. The van der Waals surface area contributed by atoms with Crippen LogP contribution in [0, 0.1) is 13.8 Å². The lowest BCUT2D eigenvalue weighted by molar-refractivity contribution is 0.526. The SMILES string of the molecule is CCn1c(SCCCc2nc3ccccc3o2)nc2sc(C)c(C)c2c1=O. The van der Waals surface area contributed by atoms with Gasteiger partial charge in [0, 0.05) is 23.6 Å². The molecule has 7 heteroatoms. The molecule has 3 aromatic heterocycles. The Balaban J connectivity index is 1.49. The smallest absolute Gasteiger partial charge is 0.263 e. The van der Waals surface area contributed by atoms with Crippen LogP contribution in [-0.2, 0) is 13.0 Å². The van der Waals surface area contributed by atoms with Gasteiger partial charge in [-0.1, -0.05) is 23.9 Å². The normalized spacial score (nSPS) is 11.7. The van der Waals surface area contributed by atoms with E-state index in [-0.39, 0.29) is 5.56 Å². The molecular weight excluding hydrogens is 378 g/mol. The third-order valence-electron chi connectivity index (χ3n) is 4.67. The topological polar surface area (TPSA) is 60.9 Å². The van der Waals surface area contributed by atoms with Crippen molar-refractivity contribution in [3.8, 4) is 0 Å². The Labute approximate surface area is 165 Å². The maximum absolute atomic E-state index is 12.9. The minimum absolute atomic E-state index is 0.0748. The molecule has 5 nitrogen and oxygen atoms in total. The molecule has 0 unspecified atom stereocenters. The van der Waals surface area contributed by atoms with Crippen LogP contribution in [0.3, 0.4) is 0 Å². The van der Waals surface area contributed by atoms with Crippen LogP contribution in [0.2, 0.25) is 0 Å². The summed E-state index contributed by atoms with van der Waals surface area (Å²) in [6.07, 6.45) is 1.69. The summed E-state index contributed by atoms with van der Waals surface area (Å²) >= 11 is 3.23. The van der Waals surface area contributed by atoms with Crippen LogP contribution in [-0.4, -0.2) is 20.3 Å². The lowest BCUT2D eigenvalue weighted by atomic mass is 10.2. The zero-order valence-corrected chi connectivity index (χ0v) is 17.2. The molecule has 4 rings (SSSR count). The predicted octanol–water partition coefficient (Wildman–Crippen LogP) is 4.96. The van der Waals surface area contributed by atoms with Crippen LogP contribution in [0.15, 0.2) is 38.6 Å². The molecule has 0 fully saturated rings. The van der Waals surface area contributed by atoms with Gasteiger partial charge in [-0.2, -0.15) is 0 Å². The van der Waals surface area contributed by atoms with Crippen molar-refractivity contribution < 1.29 is 4.42 Å². The summed E-state index contributed by atoms with van der Waals surface area (Å²) in [5.74, 6) is 1.62. The highest BCUT2D eigenvalue weighted by Crippen LogP contribution is 2.28. The molecule has 3 heterocycles. The second-order valence-electron chi connectivity index (χ2n) is 6.43. The fraction of sp³-hybridized carbons (Fsp3) is 0.350. The second kappa shape index (κ2) is 7.48. The number of fused-ring (bicyclic) bond motifs is 2. The van der Waals surface area contributed by atoms with E-state index in [1.54, 1.807) is 27.7 Å². The maximum atomic E-state index is 12.9. The Kier molecular flexibility index (Phi) is 5.06. The molecule has 140 valence electrons. The third-order valence-corrected chi connectivity index (χ3v) is 6.84. The third kappa shape index (κ3) is 3.41. The van der Waals surface area contributed by atoms with E-state index in [1.807, 2.05) is 45.0 Å². The summed E-state index contributed by atoms with van der Waals surface area (Å²) in [6, 6.07) is 7.81. The average Bonchev–Trinajstić information content (AvgIpc) is 3.19. The summed E-state index contributed by atoms with van der Waals surface area (Å²) in [4.78, 5) is 24.2. The first-order chi connectivity index (χ1) is 13.1. The molecule has 0 aliphatic carbocycles. The number of thiophene rings is 1. The monoisotopic (exact) mass is 399 g/mol. The van der Waals surface area contributed by atoms with Crippen molar-refractivity contribution in [1.82, 2.24) is 14.5 Å². The van der Waals surface area contributed by atoms with E-state index < -0.39 is 0 Å². The molecule has 0 bridgehead atoms. The predicted molar refractivity (Wildman–Crippen MR) is 112 cm³/mol. The minimum atomic E-state index is 0.0748. The van der Waals surface area contributed by atoms with Crippen molar-refractivity contribution in [3.05, 3.63) is 51.0 Å². The molecule has 0 saturated heterocycles. The van der Waals surface area contributed by atoms with Crippen molar-refractivity contribution in [3.63, 3.8) is 0 Å². The Bertz CT molecular complexity index is 1140. The summed E-state index contributed by atoms with van der Waals surface area (Å²) < 4.78 is 7.55. The number of aryl methyl sites for hydroxylation is 3. The number of rotatable bonds is 6. The van der Waals surface area contributed by atoms with E-state index in [9.17, 15) is 4.79 Å². The van der Waals surface area contributed by atoms with E-state index in [0.29, 0.717) is 6.54 Å². The molecular formula is C20H21N3O2S2. The molecule has 0 radical (unpaired) electrons. The fourth-order valence-corrected chi connectivity index (χ4v) is 5.18. The van der Waals surface area contributed by atoms with Crippen LogP contribution in [0.25, 0.3) is 21.3 Å². The minimum Gasteiger partial charge on any atom is -0.441 e. The molecule has 0 amide bonds. The van der Waals surface area contributed by atoms with E-state index in [0.717, 1.165) is 61.4 Å². The number of hydrogen-bond donors (Lipinski definition) is 0. The van der Waals surface area contributed by atoms with Gasteiger partial charge in [-0.25, -0.2) is 9.97 Å². The van der Waals surface area contributed by atoms with Gasteiger partial charge in [-0.15, -0.1) is 11.3 Å². The first-order valence-corrected chi connectivity index (χ1v) is 10.9. The number of oxazole rings is 1. The van der Waals surface area contributed by atoms with Gasteiger partial charge in [0.1, 0.15) is 10.3 Å². The van der Waals surface area contributed by atoms with Crippen LogP contribution < -0.4 is 5.56 Å². The molecule has 0 saturated carbocycles. The molecule has 0 spiro atoms. The second-order valence-corrected chi connectivity index (χ2v) is 8.70. The Morgan fingerprint density at radius 2 is 2.04 bits per heavy atom. The largest absolute Gasteiger partial charge is 0.441 e. The zero-order chi connectivity index (χ0) is 19.0. The standard InChI is InChI=1S/C20H21N3O2S2/c1-4-23-19(24)17-12(2)13(3)27-18(17)22-20(23)26-11-7-10-16-21-14-8-5-6-9-15(14)25-16/h5-6,8-9H,4,7,10-11H2,1-3H3. The highest BCUT2D eigenvalue weighted by atomic mass is 32.2. The first-order valence-electron chi connectivity index (χ1n) is 9.06. The molecule has 1 aromatic carbocycles. The lowest BCUT2D eigenvalue weighted by Gasteiger charge is -2.09. The molecule has 4 aromatic rings. The van der Waals surface area contributed by atoms with Crippen molar-refractivity contribution in [2.75, 3.05) is 5.75 Å². The Morgan fingerprint density at radius 1 is 1.22 bits per heavy atom. The van der Waals surface area contributed by atoms with Crippen LogP contribution in [0.1, 0.15) is 29.7 Å². The first kappa shape index (κ1) is 18.3. The van der Waals surface area contributed by atoms with Gasteiger partial charge in [0.05, 0.1) is 5.39 Å². The molecule has 27 heavy (non-hydrogen) atoms. The van der Waals surface area contributed by atoms with Crippen molar-refractivity contribution in [2.45, 2.75) is 45.3 Å². The quantitative estimate of drug-likeness (QED) is 0.260.